The molecule has 6 nitrogen and oxygen atoms in total. The van der Waals surface area contributed by atoms with Crippen molar-refractivity contribution in [3.8, 4) is 5.75 Å². The molecule has 1 aliphatic rings. The molecule has 7 heteroatoms. The molecule has 2 atom stereocenters. The lowest BCUT2D eigenvalue weighted by Crippen LogP contribution is -2.18. The van der Waals surface area contributed by atoms with E-state index in [-0.39, 0.29) is 17.4 Å². The zero-order valence-electron chi connectivity index (χ0n) is 16.1. The average Bonchev–Trinajstić information content (AvgIpc) is 3.23. The monoisotopic (exact) mass is 410 g/mol. The number of hydrogen-bond acceptors (Lipinski definition) is 5. The summed E-state index contributed by atoms with van der Waals surface area (Å²) in [6.07, 6.45) is 0. The summed E-state index contributed by atoms with van der Waals surface area (Å²) in [4.78, 5) is 19.8. The lowest BCUT2D eigenvalue weighted by molar-refractivity contribution is 0.413. The molecule has 1 aliphatic heterocycles. The van der Waals surface area contributed by atoms with Crippen molar-refractivity contribution < 1.29 is 4.74 Å². The Kier molecular flexibility index (Phi) is 5.83. The Bertz CT molecular complexity index is 1040. The van der Waals surface area contributed by atoms with Crippen LogP contribution >= 0.6 is 11.6 Å². The number of methoxy groups -OCH3 is 1. The van der Waals surface area contributed by atoms with E-state index in [1.807, 2.05) is 36.4 Å². The lowest BCUT2D eigenvalue weighted by atomic mass is 9.86. The van der Waals surface area contributed by atoms with Gasteiger partial charge in [0.1, 0.15) is 5.75 Å². The first kappa shape index (κ1) is 19.5. The van der Waals surface area contributed by atoms with Gasteiger partial charge in [0.05, 0.1) is 12.8 Å². The van der Waals surface area contributed by atoms with Gasteiger partial charge in [-0.2, -0.15) is 0 Å². The highest BCUT2D eigenvalue weighted by Gasteiger charge is 2.31. The fraction of sp³-hybridized carbons (Fsp3) is 0.273. The number of rotatable bonds is 6. The summed E-state index contributed by atoms with van der Waals surface area (Å²) in [5.74, 6) is 1.64. The van der Waals surface area contributed by atoms with Crippen LogP contribution in [0.1, 0.15) is 28.7 Å². The molecule has 2 heterocycles. The number of nitrogens with one attached hydrogen (secondary N) is 3. The number of nitrogens with zero attached hydrogens (tertiary/aromatic N) is 1. The molecule has 0 bridgehead atoms. The second-order valence-corrected chi connectivity index (χ2v) is 7.58. The van der Waals surface area contributed by atoms with Crippen molar-refractivity contribution in [2.24, 2.45) is 0 Å². The predicted molar refractivity (Wildman–Crippen MR) is 115 cm³/mol. The maximum absolute atomic E-state index is 12.3. The summed E-state index contributed by atoms with van der Waals surface area (Å²) < 4.78 is 5.37. The van der Waals surface area contributed by atoms with E-state index in [2.05, 4.69) is 27.8 Å². The molecular formula is C22H23ClN4O2. The molecule has 0 aliphatic carbocycles. The highest BCUT2D eigenvalue weighted by Crippen LogP contribution is 2.36. The average molecular weight is 411 g/mol. The first-order valence-corrected chi connectivity index (χ1v) is 9.94. The Morgan fingerprint density at radius 3 is 2.72 bits per heavy atom. The van der Waals surface area contributed by atoms with Crippen molar-refractivity contribution in [2.45, 2.75) is 18.4 Å². The summed E-state index contributed by atoms with van der Waals surface area (Å²) in [7, 11) is 1.67. The minimum Gasteiger partial charge on any atom is -0.497 e. The fourth-order valence-corrected chi connectivity index (χ4v) is 3.88. The van der Waals surface area contributed by atoms with E-state index in [1.165, 1.54) is 5.56 Å². The second kappa shape index (κ2) is 8.68. The van der Waals surface area contributed by atoms with E-state index >= 15 is 0 Å². The normalized spacial score (nSPS) is 18.6. The SMILES string of the molecule is COc1cccc([C@@H]2CNC[C@H]2c2cc(=O)[nH]c(NCc3ccc(Cl)cc3)n2)c1. The Balaban J connectivity index is 1.55. The van der Waals surface area contributed by atoms with E-state index in [0.29, 0.717) is 17.5 Å². The Morgan fingerprint density at radius 1 is 1.14 bits per heavy atom. The first-order chi connectivity index (χ1) is 14.1. The highest BCUT2D eigenvalue weighted by molar-refractivity contribution is 6.30. The van der Waals surface area contributed by atoms with Crippen molar-refractivity contribution in [1.82, 2.24) is 15.3 Å². The van der Waals surface area contributed by atoms with Crippen LogP contribution in [0.25, 0.3) is 0 Å². The first-order valence-electron chi connectivity index (χ1n) is 9.56. The molecule has 3 N–H and O–H groups in total. The molecule has 0 spiro atoms. The highest BCUT2D eigenvalue weighted by atomic mass is 35.5. The fourth-order valence-electron chi connectivity index (χ4n) is 3.75. The molecule has 0 saturated carbocycles. The molecule has 3 aromatic rings. The number of benzene rings is 2. The standard InChI is InChI=1S/C22H23ClN4O2/c1-29-17-4-2-3-15(9-17)18-12-24-13-19(18)20-10-21(28)27-22(26-20)25-11-14-5-7-16(23)8-6-14/h2-10,18-19,24H,11-13H2,1H3,(H2,25,26,27,28)/t18-,19+/m0/s1. The summed E-state index contributed by atoms with van der Waals surface area (Å²) in [6, 6.07) is 17.2. The maximum Gasteiger partial charge on any atom is 0.252 e. The van der Waals surface area contributed by atoms with E-state index < -0.39 is 0 Å². The smallest absolute Gasteiger partial charge is 0.252 e. The van der Waals surface area contributed by atoms with Crippen LogP contribution in [0.5, 0.6) is 5.75 Å². The molecule has 2 aromatic carbocycles. The van der Waals surface area contributed by atoms with E-state index in [4.69, 9.17) is 21.3 Å². The topological polar surface area (TPSA) is 79.0 Å². The second-order valence-electron chi connectivity index (χ2n) is 7.15. The lowest BCUT2D eigenvalue weighted by Gasteiger charge is -2.19. The zero-order chi connectivity index (χ0) is 20.2. The number of hydrogen-bond donors (Lipinski definition) is 3. The molecule has 29 heavy (non-hydrogen) atoms. The van der Waals surface area contributed by atoms with Crippen molar-refractivity contribution in [3.63, 3.8) is 0 Å². The third kappa shape index (κ3) is 4.60. The Hall–Kier alpha value is -2.83. The number of halogens is 1. The third-order valence-corrected chi connectivity index (χ3v) is 5.50. The molecule has 0 unspecified atom stereocenters. The van der Waals surface area contributed by atoms with E-state index in [9.17, 15) is 4.79 Å². The number of ether oxygens (including phenoxy) is 1. The van der Waals surface area contributed by atoms with E-state index in [0.717, 1.165) is 30.1 Å². The quantitative estimate of drug-likeness (QED) is 0.579. The van der Waals surface area contributed by atoms with Crippen LogP contribution in [0.4, 0.5) is 5.95 Å². The van der Waals surface area contributed by atoms with E-state index in [1.54, 1.807) is 13.2 Å². The van der Waals surface area contributed by atoms with Crippen LogP contribution in [-0.4, -0.2) is 30.2 Å². The Morgan fingerprint density at radius 2 is 1.93 bits per heavy atom. The molecule has 1 saturated heterocycles. The minimum absolute atomic E-state index is 0.112. The van der Waals surface area contributed by atoms with Gasteiger partial charge in [-0.05, 0) is 35.4 Å². The molecule has 0 radical (unpaired) electrons. The van der Waals surface area contributed by atoms with Crippen LogP contribution in [0.3, 0.4) is 0 Å². The minimum atomic E-state index is -0.162. The van der Waals surface area contributed by atoms with Gasteiger partial charge in [-0.25, -0.2) is 4.98 Å². The molecular weight excluding hydrogens is 388 g/mol. The summed E-state index contributed by atoms with van der Waals surface area (Å²) in [5.41, 5.74) is 2.85. The molecule has 4 rings (SSSR count). The van der Waals surface area contributed by atoms with Crippen molar-refractivity contribution in [3.05, 3.63) is 86.8 Å². The van der Waals surface area contributed by atoms with Crippen LogP contribution in [0.2, 0.25) is 5.02 Å². The van der Waals surface area contributed by atoms with Crippen LogP contribution in [0, 0.1) is 0 Å². The van der Waals surface area contributed by atoms with Gasteiger partial charge in [-0.15, -0.1) is 0 Å². The molecule has 1 aromatic heterocycles. The Labute approximate surface area is 174 Å². The maximum atomic E-state index is 12.3. The molecule has 150 valence electrons. The summed E-state index contributed by atoms with van der Waals surface area (Å²) >= 11 is 5.93. The van der Waals surface area contributed by atoms with Gasteiger partial charge in [0.2, 0.25) is 5.95 Å². The summed E-state index contributed by atoms with van der Waals surface area (Å²) in [5, 5.41) is 7.33. The number of H-pyrrole nitrogens is 1. The van der Waals surface area contributed by atoms with Crippen LogP contribution in [0.15, 0.2) is 59.4 Å². The number of anilines is 1. The van der Waals surface area contributed by atoms with Gasteiger partial charge in [0, 0.05) is 42.6 Å². The van der Waals surface area contributed by atoms with Crippen molar-refractivity contribution in [2.75, 3.05) is 25.5 Å². The molecule has 0 amide bonds. The zero-order valence-corrected chi connectivity index (χ0v) is 16.9. The largest absolute Gasteiger partial charge is 0.497 e. The van der Waals surface area contributed by atoms with Gasteiger partial charge >= 0.3 is 0 Å². The number of aromatic amines is 1. The van der Waals surface area contributed by atoms with Gasteiger partial charge < -0.3 is 15.4 Å². The van der Waals surface area contributed by atoms with Gasteiger partial charge in [-0.1, -0.05) is 35.9 Å². The van der Waals surface area contributed by atoms with Crippen LogP contribution in [-0.2, 0) is 6.54 Å². The number of aromatic nitrogens is 2. The predicted octanol–water partition coefficient (Wildman–Crippen LogP) is 3.51. The van der Waals surface area contributed by atoms with Gasteiger partial charge in [-0.3, -0.25) is 9.78 Å². The van der Waals surface area contributed by atoms with Gasteiger partial charge in [0.15, 0.2) is 0 Å². The molecule has 1 fully saturated rings. The third-order valence-electron chi connectivity index (χ3n) is 5.25. The summed E-state index contributed by atoms with van der Waals surface area (Å²) in [6.45, 7) is 2.15. The van der Waals surface area contributed by atoms with Crippen LogP contribution < -0.4 is 20.9 Å². The van der Waals surface area contributed by atoms with Crippen molar-refractivity contribution in [1.29, 1.82) is 0 Å². The van der Waals surface area contributed by atoms with Crippen molar-refractivity contribution >= 4 is 17.5 Å². The van der Waals surface area contributed by atoms with Gasteiger partial charge in [0.25, 0.3) is 5.56 Å².